The summed E-state index contributed by atoms with van der Waals surface area (Å²) in [4.78, 5) is 0. The zero-order chi connectivity index (χ0) is 6.53. The van der Waals surface area contributed by atoms with E-state index in [2.05, 4.69) is 12.1 Å². The molecule has 0 atom stereocenters. The molecule has 1 rings (SSSR count). The fourth-order valence-electron chi connectivity index (χ4n) is 0.555. The number of benzene rings is 1. The van der Waals surface area contributed by atoms with Crippen LogP contribution in [0.1, 0.15) is 0 Å². The van der Waals surface area contributed by atoms with E-state index in [0.717, 1.165) is 0 Å². The van der Waals surface area contributed by atoms with Gasteiger partial charge in [-0.2, -0.15) is 0 Å². The molecule has 0 heterocycles. The molecule has 0 aliphatic carbocycles. The summed E-state index contributed by atoms with van der Waals surface area (Å²) in [5.74, 6) is 0. The molecule has 0 aliphatic rings. The third kappa shape index (κ3) is 3.12. The molecule has 0 N–H and O–H groups in total. The van der Waals surface area contributed by atoms with Gasteiger partial charge in [-0.05, 0) is 12.1 Å². The van der Waals surface area contributed by atoms with Crippen molar-refractivity contribution in [1.29, 1.82) is 0 Å². The predicted molar refractivity (Wildman–Crippen MR) is 32.1 cm³/mol. The largest absolute Gasteiger partial charge is 1.00 e. The molecule has 0 aliphatic heterocycles. The first kappa shape index (κ1) is 9.84. The Hall–Kier alpha value is -0.160. The fraction of sp³-hybridized carbons (Fsp3) is 0.143. The van der Waals surface area contributed by atoms with E-state index in [0.29, 0.717) is 0 Å². The zero-order valence-corrected chi connectivity index (χ0v) is 7.71. The molecule has 0 saturated heterocycles. The maximum absolute atomic E-state index is 5.04. The van der Waals surface area contributed by atoms with Gasteiger partial charge in [-0.3, -0.25) is 0 Å². The second kappa shape index (κ2) is 5.61. The molecule has 0 spiro atoms. The van der Waals surface area contributed by atoms with Crippen LogP contribution in [0.2, 0.25) is 0 Å². The van der Waals surface area contributed by atoms with Crippen LogP contribution in [-0.4, -0.2) is 7.11 Å². The Labute approximate surface area is 70.6 Å². The molecule has 0 fully saturated rings. The zero-order valence-electron chi connectivity index (χ0n) is 5.55. The third-order valence-corrected chi connectivity index (χ3v) is 2.57. The topological polar surface area (TPSA) is 9.23 Å². The van der Waals surface area contributed by atoms with Crippen molar-refractivity contribution in [3.63, 3.8) is 0 Å². The highest BCUT2D eigenvalue weighted by atomic mass is 127. The molecule has 0 unspecified atom stereocenters. The highest BCUT2D eigenvalue weighted by molar-refractivity contribution is 4.98. The molecule has 0 amide bonds. The Bertz CT molecular complexity index is 167. The summed E-state index contributed by atoms with van der Waals surface area (Å²) in [5, 5.41) is 0. The Balaban J connectivity index is 0.000000810. The Kier molecular flexibility index (Phi) is 5.52. The lowest BCUT2D eigenvalue weighted by atomic mass is 10.4. The third-order valence-electron chi connectivity index (χ3n) is 0.899. The molecule has 1 aromatic rings. The van der Waals surface area contributed by atoms with Gasteiger partial charge in [-0.15, -0.1) is 3.07 Å². The van der Waals surface area contributed by atoms with Gasteiger partial charge < -0.3 is 4.70 Å². The van der Waals surface area contributed by atoms with Gasteiger partial charge in [0.1, 0.15) is 0 Å². The normalized spacial score (nSPS) is 8.50. The van der Waals surface area contributed by atoms with Gasteiger partial charge in [0.2, 0.25) is 3.57 Å². The standard InChI is InChI=1S/C7H8IO.FH/c1-9-8-7-5-3-2-4-6-7;/h2-6H,1H3;1H/q+1;/p-1. The lowest BCUT2D eigenvalue weighted by Gasteiger charge is -1.77. The van der Waals surface area contributed by atoms with Crippen LogP contribution in [-0.2, 0) is 3.07 Å². The van der Waals surface area contributed by atoms with Crippen molar-refractivity contribution >= 4 is 0 Å². The molecule has 1 aromatic carbocycles. The number of hydrogen-bond acceptors (Lipinski definition) is 1. The van der Waals surface area contributed by atoms with Crippen molar-refractivity contribution in [2.75, 3.05) is 7.11 Å². The summed E-state index contributed by atoms with van der Waals surface area (Å²) in [7, 11) is 1.75. The first-order valence-corrected chi connectivity index (χ1v) is 4.62. The molecular weight excluding hydrogens is 246 g/mol. The summed E-state index contributed by atoms with van der Waals surface area (Å²) < 4.78 is 6.37. The molecule has 0 aromatic heterocycles. The molecule has 0 bridgehead atoms. The predicted octanol–water partition coefficient (Wildman–Crippen LogP) is -4.49. The van der Waals surface area contributed by atoms with Crippen molar-refractivity contribution in [3.8, 4) is 0 Å². The van der Waals surface area contributed by atoms with Crippen molar-refractivity contribution in [3.05, 3.63) is 33.9 Å². The summed E-state index contributed by atoms with van der Waals surface area (Å²) in [6, 6.07) is 10.3. The second-order valence-electron chi connectivity index (χ2n) is 1.53. The van der Waals surface area contributed by atoms with E-state index in [1.807, 2.05) is 18.2 Å². The highest BCUT2D eigenvalue weighted by Crippen LogP contribution is 1.81. The van der Waals surface area contributed by atoms with Crippen LogP contribution in [0.25, 0.3) is 0 Å². The average Bonchev–Trinajstić information content (AvgIpc) is 1.91. The van der Waals surface area contributed by atoms with Crippen LogP contribution in [0.4, 0.5) is 0 Å². The second-order valence-corrected chi connectivity index (χ2v) is 4.09. The van der Waals surface area contributed by atoms with E-state index in [1.165, 1.54) is 3.57 Å². The van der Waals surface area contributed by atoms with Crippen molar-refractivity contribution in [2.45, 2.75) is 0 Å². The minimum atomic E-state index is -0.170. The Morgan fingerprint density at radius 3 is 2.30 bits per heavy atom. The van der Waals surface area contributed by atoms with Gasteiger partial charge in [-0.25, -0.2) is 0 Å². The molecule has 10 heavy (non-hydrogen) atoms. The first-order chi connectivity index (χ1) is 4.43. The van der Waals surface area contributed by atoms with Crippen LogP contribution in [0, 0.1) is 3.57 Å². The first-order valence-electron chi connectivity index (χ1n) is 2.66. The van der Waals surface area contributed by atoms with Crippen LogP contribution in [0.15, 0.2) is 30.3 Å². The maximum atomic E-state index is 5.04. The van der Waals surface area contributed by atoms with Crippen molar-refractivity contribution in [1.82, 2.24) is 0 Å². The van der Waals surface area contributed by atoms with Gasteiger partial charge in [-0.1, -0.05) is 18.2 Å². The number of hydrogen-bond donors (Lipinski definition) is 0. The lowest BCUT2D eigenvalue weighted by molar-refractivity contribution is -0.870. The van der Waals surface area contributed by atoms with E-state index in [9.17, 15) is 0 Å². The fourth-order valence-corrected chi connectivity index (χ4v) is 1.77. The van der Waals surface area contributed by atoms with Crippen LogP contribution in [0.3, 0.4) is 0 Å². The molecule has 3 heteroatoms. The average molecular weight is 254 g/mol. The van der Waals surface area contributed by atoms with Crippen LogP contribution in [0.5, 0.6) is 0 Å². The van der Waals surface area contributed by atoms with Crippen molar-refractivity contribution < 1.29 is 29.4 Å². The van der Waals surface area contributed by atoms with E-state index >= 15 is 0 Å². The molecule has 1 nitrogen and oxygen atoms in total. The highest BCUT2D eigenvalue weighted by Gasteiger charge is 2.08. The number of halogens is 2. The molecule has 0 radical (unpaired) electrons. The van der Waals surface area contributed by atoms with E-state index in [-0.39, 0.29) is 26.3 Å². The molecule has 56 valence electrons. The van der Waals surface area contributed by atoms with E-state index in [4.69, 9.17) is 3.07 Å². The van der Waals surface area contributed by atoms with Crippen LogP contribution >= 0.6 is 0 Å². The maximum Gasteiger partial charge on any atom is 0.521 e. The minimum absolute atomic E-state index is 0. The van der Waals surface area contributed by atoms with E-state index < -0.39 is 0 Å². The lowest BCUT2D eigenvalue weighted by Crippen LogP contribution is -3.61. The van der Waals surface area contributed by atoms with Gasteiger partial charge in [0.25, 0.3) is 0 Å². The number of rotatable bonds is 2. The summed E-state index contributed by atoms with van der Waals surface area (Å²) in [5.41, 5.74) is 0. The summed E-state index contributed by atoms with van der Waals surface area (Å²) >= 11 is -0.170. The Morgan fingerprint density at radius 1 is 1.20 bits per heavy atom. The smallest absolute Gasteiger partial charge is 0.521 e. The molecular formula is C7H8FIO. The monoisotopic (exact) mass is 254 g/mol. The Morgan fingerprint density at radius 2 is 1.80 bits per heavy atom. The minimum Gasteiger partial charge on any atom is -1.00 e. The van der Waals surface area contributed by atoms with Gasteiger partial charge in [0.15, 0.2) is 0 Å². The quantitative estimate of drug-likeness (QED) is 0.483. The van der Waals surface area contributed by atoms with Crippen LogP contribution < -0.4 is 26.3 Å². The van der Waals surface area contributed by atoms with Gasteiger partial charge >= 0.3 is 21.6 Å². The SMILES string of the molecule is CO[I+]c1ccccc1.[F-]. The summed E-state index contributed by atoms with van der Waals surface area (Å²) in [6.45, 7) is 0. The van der Waals surface area contributed by atoms with Gasteiger partial charge in [0, 0.05) is 0 Å². The van der Waals surface area contributed by atoms with Crippen molar-refractivity contribution in [2.24, 2.45) is 0 Å². The summed E-state index contributed by atoms with van der Waals surface area (Å²) in [6.07, 6.45) is 0. The van der Waals surface area contributed by atoms with Gasteiger partial charge in [0.05, 0.1) is 7.11 Å². The van der Waals surface area contributed by atoms with E-state index in [1.54, 1.807) is 7.11 Å². The molecule has 0 saturated carbocycles.